The smallest absolute Gasteiger partial charge is 0.0783 e. The molecule has 0 bridgehead atoms. The van der Waals surface area contributed by atoms with Gasteiger partial charge in [-0.2, -0.15) is 11.8 Å². The predicted octanol–water partition coefficient (Wildman–Crippen LogP) is 4.28. The molecular formula is C18H22OS. The lowest BCUT2D eigenvalue weighted by molar-refractivity contribution is 0.0203. The van der Waals surface area contributed by atoms with Crippen molar-refractivity contribution in [2.24, 2.45) is 5.41 Å². The molecule has 1 saturated heterocycles. The van der Waals surface area contributed by atoms with E-state index in [1.807, 2.05) is 11.8 Å². The summed E-state index contributed by atoms with van der Waals surface area (Å²) in [6, 6.07) is 14.9. The van der Waals surface area contributed by atoms with Crippen molar-refractivity contribution in [3.8, 4) is 0 Å². The molecule has 0 aromatic heterocycles. The first-order valence-corrected chi connectivity index (χ1v) is 8.40. The van der Waals surface area contributed by atoms with Gasteiger partial charge in [-0.05, 0) is 33.9 Å². The van der Waals surface area contributed by atoms with E-state index in [4.69, 9.17) is 0 Å². The molecule has 0 spiro atoms. The Hall–Kier alpha value is -0.990. The highest BCUT2D eigenvalue weighted by Gasteiger charge is 2.39. The molecule has 1 nitrogen and oxygen atoms in total. The Labute approximate surface area is 125 Å². The van der Waals surface area contributed by atoms with Gasteiger partial charge in [0.25, 0.3) is 0 Å². The van der Waals surface area contributed by atoms with Crippen LogP contribution in [0.15, 0.2) is 42.5 Å². The van der Waals surface area contributed by atoms with E-state index in [2.05, 4.69) is 56.3 Å². The molecule has 1 atom stereocenters. The van der Waals surface area contributed by atoms with Crippen LogP contribution in [-0.2, 0) is 6.42 Å². The van der Waals surface area contributed by atoms with E-state index in [1.165, 1.54) is 16.3 Å². The molecule has 1 unspecified atom stereocenters. The summed E-state index contributed by atoms with van der Waals surface area (Å²) < 4.78 is 0. The van der Waals surface area contributed by atoms with Crippen molar-refractivity contribution in [3.63, 3.8) is 0 Å². The zero-order valence-electron chi connectivity index (χ0n) is 12.2. The molecular weight excluding hydrogens is 264 g/mol. The zero-order valence-corrected chi connectivity index (χ0v) is 13.0. The number of rotatable bonds is 2. The summed E-state index contributed by atoms with van der Waals surface area (Å²) in [4.78, 5) is 0. The Kier molecular flexibility index (Phi) is 3.55. The van der Waals surface area contributed by atoms with Crippen LogP contribution in [0.4, 0.5) is 0 Å². The molecule has 0 amide bonds. The number of aliphatic hydroxyl groups is 1. The van der Waals surface area contributed by atoms with Crippen molar-refractivity contribution in [3.05, 3.63) is 48.0 Å². The summed E-state index contributed by atoms with van der Waals surface area (Å²) in [5.41, 5.74) is 0.919. The number of benzene rings is 2. The van der Waals surface area contributed by atoms with Gasteiger partial charge in [0.1, 0.15) is 0 Å². The third kappa shape index (κ3) is 2.87. The molecule has 3 rings (SSSR count). The van der Waals surface area contributed by atoms with Crippen molar-refractivity contribution < 1.29 is 5.11 Å². The first kappa shape index (κ1) is 14.0. The SMILES string of the molecule is CC1(C)CSCC(O)(Cc2cccc3ccccc23)C1. The number of hydrogen-bond acceptors (Lipinski definition) is 2. The summed E-state index contributed by atoms with van der Waals surface area (Å²) >= 11 is 1.88. The molecule has 1 fully saturated rings. The first-order valence-electron chi connectivity index (χ1n) is 7.24. The monoisotopic (exact) mass is 286 g/mol. The molecule has 2 heteroatoms. The molecule has 20 heavy (non-hydrogen) atoms. The van der Waals surface area contributed by atoms with Crippen molar-refractivity contribution in [1.29, 1.82) is 0 Å². The Balaban J connectivity index is 1.93. The van der Waals surface area contributed by atoms with Gasteiger partial charge in [-0.25, -0.2) is 0 Å². The summed E-state index contributed by atoms with van der Waals surface area (Å²) in [5, 5.41) is 13.5. The molecule has 0 radical (unpaired) electrons. The maximum atomic E-state index is 11.0. The summed E-state index contributed by atoms with van der Waals surface area (Å²) in [6.45, 7) is 4.51. The third-order valence-electron chi connectivity index (χ3n) is 4.07. The fourth-order valence-corrected chi connectivity index (χ4v) is 4.77. The molecule has 1 N–H and O–H groups in total. The summed E-state index contributed by atoms with van der Waals surface area (Å²) in [7, 11) is 0. The lowest BCUT2D eigenvalue weighted by Gasteiger charge is -2.41. The molecule has 0 aliphatic carbocycles. The second-order valence-electron chi connectivity index (χ2n) is 6.87. The quantitative estimate of drug-likeness (QED) is 0.889. The van der Waals surface area contributed by atoms with E-state index in [1.54, 1.807) is 0 Å². The lowest BCUT2D eigenvalue weighted by atomic mass is 9.78. The van der Waals surface area contributed by atoms with Crippen molar-refractivity contribution >= 4 is 22.5 Å². The Bertz CT molecular complexity index is 614. The van der Waals surface area contributed by atoms with Crippen molar-refractivity contribution in [1.82, 2.24) is 0 Å². The highest BCUT2D eigenvalue weighted by molar-refractivity contribution is 7.99. The highest BCUT2D eigenvalue weighted by atomic mass is 32.2. The normalized spacial score (nSPS) is 25.8. The van der Waals surface area contributed by atoms with Gasteiger partial charge in [0, 0.05) is 12.2 Å². The van der Waals surface area contributed by atoms with E-state index < -0.39 is 5.60 Å². The summed E-state index contributed by atoms with van der Waals surface area (Å²) in [5.74, 6) is 1.99. The molecule has 1 aliphatic heterocycles. The van der Waals surface area contributed by atoms with Gasteiger partial charge in [-0.3, -0.25) is 0 Å². The number of fused-ring (bicyclic) bond motifs is 1. The van der Waals surface area contributed by atoms with Crippen LogP contribution in [0, 0.1) is 5.41 Å². The van der Waals surface area contributed by atoms with Crippen molar-refractivity contribution in [2.75, 3.05) is 11.5 Å². The van der Waals surface area contributed by atoms with E-state index in [0.717, 1.165) is 24.3 Å². The minimum atomic E-state index is -0.573. The number of hydrogen-bond donors (Lipinski definition) is 1. The molecule has 1 aliphatic rings. The maximum Gasteiger partial charge on any atom is 0.0783 e. The Morgan fingerprint density at radius 1 is 1.05 bits per heavy atom. The van der Waals surface area contributed by atoms with Crippen LogP contribution >= 0.6 is 11.8 Å². The zero-order chi connectivity index (χ0) is 14.2. The average molecular weight is 286 g/mol. The Morgan fingerprint density at radius 2 is 1.80 bits per heavy atom. The van der Waals surface area contributed by atoms with Gasteiger partial charge in [-0.1, -0.05) is 56.3 Å². The van der Waals surface area contributed by atoms with Gasteiger partial charge in [-0.15, -0.1) is 0 Å². The maximum absolute atomic E-state index is 11.0. The van der Waals surface area contributed by atoms with Gasteiger partial charge < -0.3 is 5.11 Å². The van der Waals surface area contributed by atoms with Gasteiger partial charge in [0.2, 0.25) is 0 Å². The van der Waals surface area contributed by atoms with Crippen LogP contribution in [0.3, 0.4) is 0 Å². The van der Waals surface area contributed by atoms with E-state index in [9.17, 15) is 5.11 Å². The van der Waals surface area contributed by atoms with Crippen LogP contribution in [0.5, 0.6) is 0 Å². The van der Waals surface area contributed by atoms with Crippen LogP contribution in [0.2, 0.25) is 0 Å². The largest absolute Gasteiger partial charge is 0.389 e. The number of thioether (sulfide) groups is 1. The fourth-order valence-electron chi connectivity index (χ4n) is 3.42. The van der Waals surface area contributed by atoms with Crippen LogP contribution < -0.4 is 0 Å². The minimum absolute atomic E-state index is 0.224. The van der Waals surface area contributed by atoms with Crippen LogP contribution in [0.25, 0.3) is 10.8 Å². The van der Waals surface area contributed by atoms with Crippen LogP contribution in [-0.4, -0.2) is 22.2 Å². The Morgan fingerprint density at radius 3 is 2.60 bits per heavy atom. The average Bonchev–Trinajstić information content (AvgIpc) is 2.37. The van der Waals surface area contributed by atoms with Crippen molar-refractivity contribution in [2.45, 2.75) is 32.3 Å². The lowest BCUT2D eigenvalue weighted by Crippen LogP contribution is -2.44. The minimum Gasteiger partial charge on any atom is -0.389 e. The second kappa shape index (κ2) is 5.09. The van der Waals surface area contributed by atoms with Gasteiger partial charge >= 0.3 is 0 Å². The molecule has 1 heterocycles. The second-order valence-corrected chi connectivity index (χ2v) is 7.86. The highest BCUT2D eigenvalue weighted by Crippen LogP contribution is 2.41. The van der Waals surface area contributed by atoms with Gasteiger partial charge in [0.05, 0.1) is 5.60 Å². The van der Waals surface area contributed by atoms with E-state index in [0.29, 0.717) is 0 Å². The predicted molar refractivity (Wildman–Crippen MR) is 88.3 cm³/mol. The molecule has 0 saturated carbocycles. The molecule has 2 aromatic rings. The van der Waals surface area contributed by atoms with Gasteiger partial charge in [0.15, 0.2) is 0 Å². The standard InChI is InChI=1S/C18H22OS/c1-17(2)11-18(19,13-20-12-17)10-15-8-5-7-14-6-3-4-9-16(14)15/h3-9,19H,10-13H2,1-2H3. The third-order valence-corrected chi connectivity index (χ3v) is 5.80. The fraction of sp³-hybridized carbons (Fsp3) is 0.444. The topological polar surface area (TPSA) is 20.2 Å². The molecule has 2 aromatic carbocycles. The first-order chi connectivity index (χ1) is 9.48. The molecule has 106 valence electrons. The van der Waals surface area contributed by atoms with E-state index >= 15 is 0 Å². The van der Waals surface area contributed by atoms with Crippen LogP contribution in [0.1, 0.15) is 25.8 Å². The summed E-state index contributed by atoms with van der Waals surface area (Å²) in [6.07, 6.45) is 1.64. The van der Waals surface area contributed by atoms with E-state index in [-0.39, 0.29) is 5.41 Å².